The summed E-state index contributed by atoms with van der Waals surface area (Å²) in [6.45, 7) is 5.26. The summed E-state index contributed by atoms with van der Waals surface area (Å²) in [6.07, 6.45) is 3.62. The van der Waals surface area contributed by atoms with Gasteiger partial charge in [0.25, 0.3) is 0 Å². The lowest BCUT2D eigenvalue weighted by molar-refractivity contribution is -0.146. The number of hydrogen-bond donors (Lipinski definition) is 0. The summed E-state index contributed by atoms with van der Waals surface area (Å²) >= 11 is 0. The van der Waals surface area contributed by atoms with Gasteiger partial charge in [-0.25, -0.2) is 4.79 Å². The van der Waals surface area contributed by atoms with E-state index in [0.29, 0.717) is 11.9 Å². The van der Waals surface area contributed by atoms with Crippen molar-refractivity contribution in [2.24, 2.45) is 0 Å². The highest BCUT2D eigenvalue weighted by molar-refractivity contribution is 5.88. The SMILES string of the molecule is CCCC=C(C)C(=O)OC(C)C=O. The van der Waals surface area contributed by atoms with Gasteiger partial charge in [-0.15, -0.1) is 0 Å². The highest BCUT2D eigenvalue weighted by Crippen LogP contribution is 2.02. The monoisotopic (exact) mass is 184 g/mol. The van der Waals surface area contributed by atoms with Gasteiger partial charge in [0.05, 0.1) is 0 Å². The fourth-order valence-corrected chi connectivity index (χ4v) is 0.734. The van der Waals surface area contributed by atoms with Gasteiger partial charge in [0.2, 0.25) is 0 Å². The van der Waals surface area contributed by atoms with Gasteiger partial charge in [-0.3, -0.25) is 4.79 Å². The van der Waals surface area contributed by atoms with Crippen molar-refractivity contribution in [3.8, 4) is 0 Å². The second-order valence-electron chi connectivity index (χ2n) is 2.92. The highest BCUT2D eigenvalue weighted by atomic mass is 16.5. The molecule has 0 aromatic rings. The Morgan fingerprint density at radius 2 is 2.15 bits per heavy atom. The molecule has 1 atom stereocenters. The maximum atomic E-state index is 11.2. The van der Waals surface area contributed by atoms with Crippen molar-refractivity contribution < 1.29 is 14.3 Å². The molecular formula is C10H16O3. The minimum absolute atomic E-state index is 0.409. The van der Waals surface area contributed by atoms with Crippen molar-refractivity contribution in [3.63, 3.8) is 0 Å². The van der Waals surface area contributed by atoms with Gasteiger partial charge >= 0.3 is 5.97 Å². The molecule has 0 rings (SSSR count). The first-order valence-corrected chi connectivity index (χ1v) is 4.44. The number of ether oxygens (including phenoxy) is 1. The van der Waals surface area contributed by atoms with E-state index < -0.39 is 12.1 Å². The van der Waals surface area contributed by atoms with Crippen LogP contribution in [0.3, 0.4) is 0 Å². The van der Waals surface area contributed by atoms with Crippen LogP contribution in [0.2, 0.25) is 0 Å². The maximum absolute atomic E-state index is 11.2. The molecule has 0 aliphatic rings. The third-order valence-electron chi connectivity index (χ3n) is 1.55. The van der Waals surface area contributed by atoms with E-state index in [1.807, 2.05) is 13.0 Å². The largest absolute Gasteiger partial charge is 0.452 e. The molecule has 0 aliphatic heterocycles. The van der Waals surface area contributed by atoms with E-state index in [1.54, 1.807) is 6.92 Å². The van der Waals surface area contributed by atoms with E-state index in [9.17, 15) is 9.59 Å². The Morgan fingerprint density at radius 1 is 1.54 bits per heavy atom. The van der Waals surface area contributed by atoms with Crippen LogP contribution in [0.4, 0.5) is 0 Å². The number of unbranched alkanes of at least 4 members (excludes halogenated alkanes) is 1. The molecule has 0 aromatic heterocycles. The van der Waals surface area contributed by atoms with Crippen LogP contribution in [0.15, 0.2) is 11.6 Å². The van der Waals surface area contributed by atoms with Crippen molar-refractivity contribution in [2.75, 3.05) is 0 Å². The van der Waals surface area contributed by atoms with Crippen LogP contribution in [0.1, 0.15) is 33.6 Å². The number of hydrogen-bond acceptors (Lipinski definition) is 3. The van der Waals surface area contributed by atoms with Crippen LogP contribution in [0.5, 0.6) is 0 Å². The molecule has 0 spiro atoms. The Bertz CT molecular complexity index is 206. The molecule has 0 aliphatic carbocycles. The molecular weight excluding hydrogens is 168 g/mol. The Labute approximate surface area is 78.8 Å². The normalized spacial score (nSPS) is 13.6. The second-order valence-corrected chi connectivity index (χ2v) is 2.92. The van der Waals surface area contributed by atoms with Crippen LogP contribution in [-0.2, 0) is 14.3 Å². The van der Waals surface area contributed by atoms with Gasteiger partial charge in [0.15, 0.2) is 12.4 Å². The summed E-state index contributed by atoms with van der Waals surface area (Å²) in [5, 5.41) is 0. The van der Waals surface area contributed by atoms with Gasteiger partial charge in [0.1, 0.15) is 0 Å². The van der Waals surface area contributed by atoms with E-state index >= 15 is 0 Å². The number of rotatable bonds is 5. The summed E-state index contributed by atoms with van der Waals surface area (Å²) in [5.41, 5.74) is 0.565. The maximum Gasteiger partial charge on any atom is 0.334 e. The van der Waals surface area contributed by atoms with Crippen LogP contribution < -0.4 is 0 Å². The molecule has 3 nitrogen and oxygen atoms in total. The smallest absolute Gasteiger partial charge is 0.334 e. The van der Waals surface area contributed by atoms with Crippen LogP contribution in [0.25, 0.3) is 0 Å². The Hall–Kier alpha value is -1.12. The number of esters is 1. The van der Waals surface area contributed by atoms with E-state index in [0.717, 1.165) is 12.8 Å². The number of carbonyl (C=O) groups is 2. The molecule has 1 unspecified atom stereocenters. The fraction of sp³-hybridized carbons (Fsp3) is 0.600. The first-order chi connectivity index (χ1) is 6.11. The van der Waals surface area contributed by atoms with Crippen LogP contribution in [-0.4, -0.2) is 18.4 Å². The standard InChI is InChI=1S/C10H16O3/c1-4-5-6-8(2)10(12)13-9(3)7-11/h6-7,9H,4-5H2,1-3H3. The number of aldehydes is 1. The molecule has 0 bridgehead atoms. The Kier molecular flexibility index (Phi) is 5.85. The minimum Gasteiger partial charge on any atom is -0.452 e. The molecule has 13 heavy (non-hydrogen) atoms. The highest BCUT2D eigenvalue weighted by Gasteiger charge is 2.09. The fourth-order valence-electron chi connectivity index (χ4n) is 0.734. The van der Waals surface area contributed by atoms with Gasteiger partial charge in [0, 0.05) is 5.57 Å². The van der Waals surface area contributed by atoms with Gasteiger partial charge in [-0.05, 0) is 20.3 Å². The molecule has 3 heteroatoms. The van der Waals surface area contributed by atoms with Gasteiger partial charge < -0.3 is 4.74 Å². The molecule has 0 saturated heterocycles. The zero-order valence-electron chi connectivity index (χ0n) is 8.37. The molecule has 74 valence electrons. The van der Waals surface area contributed by atoms with E-state index in [1.165, 1.54) is 6.92 Å². The summed E-state index contributed by atoms with van der Waals surface area (Å²) < 4.78 is 4.78. The second kappa shape index (κ2) is 6.40. The zero-order chi connectivity index (χ0) is 10.3. The number of allylic oxidation sites excluding steroid dienone is 1. The molecule has 0 amide bonds. The summed E-state index contributed by atoms with van der Waals surface area (Å²) in [4.78, 5) is 21.3. The third-order valence-corrected chi connectivity index (χ3v) is 1.55. The summed E-state index contributed by atoms with van der Waals surface area (Å²) in [5.74, 6) is -0.409. The first-order valence-electron chi connectivity index (χ1n) is 4.44. The first kappa shape index (κ1) is 11.9. The van der Waals surface area contributed by atoms with Gasteiger partial charge in [-0.2, -0.15) is 0 Å². The molecule has 0 heterocycles. The molecule has 0 saturated carbocycles. The van der Waals surface area contributed by atoms with Crippen molar-refractivity contribution >= 4 is 12.3 Å². The van der Waals surface area contributed by atoms with Crippen LogP contribution >= 0.6 is 0 Å². The molecule has 0 radical (unpaired) electrons. The van der Waals surface area contributed by atoms with E-state index in [4.69, 9.17) is 4.74 Å². The van der Waals surface area contributed by atoms with Gasteiger partial charge in [-0.1, -0.05) is 19.4 Å². The lowest BCUT2D eigenvalue weighted by Gasteiger charge is -2.06. The van der Waals surface area contributed by atoms with Crippen molar-refractivity contribution in [3.05, 3.63) is 11.6 Å². The molecule has 0 fully saturated rings. The quantitative estimate of drug-likeness (QED) is 0.372. The van der Waals surface area contributed by atoms with Crippen molar-refractivity contribution in [1.82, 2.24) is 0 Å². The Balaban J connectivity index is 4.02. The van der Waals surface area contributed by atoms with Crippen molar-refractivity contribution in [1.29, 1.82) is 0 Å². The number of carbonyl (C=O) groups excluding carboxylic acids is 2. The third kappa shape index (κ3) is 5.17. The Morgan fingerprint density at radius 3 is 2.62 bits per heavy atom. The summed E-state index contributed by atoms with van der Waals surface area (Å²) in [6, 6.07) is 0. The minimum atomic E-state index is -0.655. The predicted molar refractivity (Wildman–Crippen MR) is 50.3 cm³/mol. The van der Waals surface area contributed by atoms with E-state index in [-0.39, 0.29) is 0 Å². The zero-order valence-corrected chi connectivity index (χ0v) is 8.37. The lowest BCUT2D eigenvalue weighted by atomic mass is 10.2. The summed E-state index contributed by atoms with van der Waals surface area (Å²) in [7, 11) is 0. The molecule has 0 N–H and O–H groups in total. The molecule has 0 aromatic carbocycles. The van der Waals surface area contributed by atoms with Crippen LogP contribution in [0, 0.1) is 0 Å². The topological polar surface area (TPSA) is 43.4 Å². The average molecular weight is 184 g/mol. The average Bonchev–Trinajstić information content (AvgIpc) is 2.13. The van der Waals surface area contributed by atoms with Crippen molar-refractivity contribution in [2.45, 2.75) is 39.7 Å². The van der Waals surface area contributed by atoms with E-state index in [2.05, 4.69) is 0 Å². The predicted octanol–water partition coefficient (Wildman–Crippen LogP) is 1.86. The lowest BCUT2D eigenvalue weighted by Crippen LogP contribution is -2.16.